The van der Waals surface area contributed by atoms with Crippen molar-refractivity contribution in [3.05, 3.63) is 57.6 Å². The molecule has 0 aliphatic carbocycles. The molecule has 0 aliphatic heterocycles. The number of benzene rings is 2. The fourth-order valence-corrected chi connectivity index (χ4v) is 6.55. The van der Waals surface area contributed by atoms with Gasteiger partial charge in [-0.1, -0.05) is 149 Å². The van der Waals surface area contributed by atoms with Crippen molar-refractivity contribution >= 4 is 8.56 Å². The molecule has 0 N–H and O–H groups in total. The summed E-state index contributed by atoms with van der Waals surface area (Å²) in [5.41, 5.74) is 7.49. The van der Waals surface area contributed by atoms with Gasteiger partial charge in [-0.25, -0.2) is 0 Å². The third-order valence-corrected chi connectivity index (χ3v) is 9.23. The third-order valence-electron chi connectivity index (χ3n) is 7.84. The Kier molecular flexibility index (Phi) is 9.30. The maximum absolute atomic E-state index is 7.24. The quantitative estimate of drug-likeness (QED) is 0.335. The lowest BCUT2D eigenvalue weighted by Gasteiger charge is -2.38. The second-order valence-electron chi connectivity index (χ2n) is 18.9. The molecule has 2 rings (SSSR count). The summed E-state index contributed by atoms with van der Waals surface area (Å²) >= 11 is 0. The van der Waals surface area contributed by atoms with Crippen molar-refractivity contribution in [1.29, 1.82) is 0 Å². The fourth-order valence-electron chi connectivity index (χ4n) is 5.08. The van der Waals surface area contributed by atoms with Crippen LogP contribution in [0.25, 0.3) is 0 Å². The Balaban J connectivity index is 2.89. The minimum atomic E-state index is -2.75. The van der Waals surface area contributed by atoms with E-state index in [-0.39, 0.29) is 32.5 Å². The zero-order valence-electron chi connectivity index (χ0n) is 30.6. The van der Waals surface area contributed by atoms with Gasteiger partial charge in [0.2, 0.25) is 0 Å². The molecule has 0 fully saturated rings. The van der Waals surface area contributed by atoms with Gasteiger partial charge in [-0.2, -0.15) is 0 Å². The minimum Gasteiger partial charge on any atom is -0.512 e. The van der Waals surface area contributed by atoms with E-state index in [1.165, 1.54) is 33.4 Å². The molecule has 232 valence electrons. The van der Waals surface area contributed by atoms with Crippen molar-refractivity contribution in [1.82, 2.24) is 0 Å². The van der Waals surface area contributed by atoms with Crippen LogP contribution in [-0.4, -0.2) is 8.56 Å². The maximum Gasteiger partial charge on any atom is 0.454 e. The van der Waals surface area contributed by atoms with Gasteiger partial charge < -0.3 is 8.85 Å². The van der Waals surface area contributed by atoms with Crippen molar-refractivity contribution < 1.29 is 8.85 Å². The van der Waals surface area contributed by atoms with Crippen molar-refractivity contribution in [3.8, 4) is 11.5 Å². The van der Waals surface area contributed by atoms with Crippen molar-refractivity contribution in [2.45, 2.75) is 170 Å². The number of rotatable bonds is 4. The molecule has 0 radical (unpaired) electrons. The lowest BCUT2D eigenvalue weighted by molar-refractivity contribution is 0.367. The van der Waals surface area contributed by atoms with Crippen LogP contribution in [0.2, 0.25) is 13.1 Å². The van der Waals surface area contributed by atoms with Crippen LogP contribution in [0.15, 0.2) is 24.3 Å². The highest BCUT2D eigenvalue weighted by Crippen LogP contribution is 2.46. The zero-order valence-corrected chi connectivity index (χ0v) is 31.6. The Labute approximate surface area is 256 Å². The standard InChI is InChI=1S/C38H64O2Si/c1-33(2,3)25-21-27(35(7,8)9)31(28(22-25)36(10,11)12)39-41(19,20)40-32-29(37(13,14)15)23-26(34(4,5)6)24-30(32)38(16,17)18/h21-24H,1-20H3. The van der Waals surface area contributed by atoms with Crippen LogP contribution >= 0.6 is 0 Å². The van der Waals surface area contributed by atoms with Gasteiger partial charge in [0.05, 0.1) is 0 Å². The van der Waals surface area contributed by atoms with E-state index in [1.54, 1.807) is 0 Å². The van der Waals surface area contributed by atoms with E-state index < -0.39 is 8.56 Å². The van der Waals surface area contributed by atoms with E-state index in [1.807, 2.05) is 0 Å². The summed E-state index contributed by atoms with van der Waals surface area (Å²) in [6, 6.07) is 9.53. The van der Waals surface area contributed by atoms with E-state index in [9.17, 15) is 0 Å². The predicted octanol–water partition coefficient (Wildman–Crippen LogP) is 11.6. The fraction of sp³-hybridized carbons (Fsp3) is 0.684. The van der Waals surface area contributed by atoms with Crippen molar-refractivity contribution in [2.75, 3.05) is 0 Å². The third kappa shape index (κ3) is 8.65. The van der Waals surface area contributed by atoms with Gasteiger partial charge in [-0.15, -0.1) is 0 Å². The maximum atomic E-state index is 7.24. The summed E-state index contributed by atoms with van der Waals surface area (Å²) in [5, 5.41) is 0. The molecule has 0 heterocycles. The van der Waals surface area contributed by atoms with Crippen LogP contribution in [0, 0.1) is 0 Å². The molecule has 0 saturated carbocycles. The summed E-state index contributed by atoms with van der Waals surface area (Å²) in [6.07, 6.45) is 0. The first-order valence-electron chi connectivity index (χ1n) is 15.6. The van der Waals surface area contributed by atoms with Crippen LogP contribution in [0.3, 0.4) is 0 Å². The Morgan fingerprint density at radius 1 is 0.366 bits per heavy atom. The molecular weight excluding hydrogens is 517 g/mol. The van der Waals surface area contributed by atoms with Crippen LogP contribution in [0.5, 0.6) is 11.5 Å². The molecule has 41 heavy (non-hydrogen) atoms. The first kappa shape index (κ1) is 35.5. The topological polar surface area (TPSA) is 18.5 Å². The van der Waals surface area contributed by atoms with Crippen LogP contribution in [-0.2, 0) is 32.5 Å². The van der Waals surface area contributed by atoms with Crippen molar-refractivity contribution in [2.24, 2.45) is 0 Å². The number of hydrogen-bond donors (Lipinski definition) is 0. The normalized spacial score (nSPS) is 14.3. The van der Waals surface area contributed by atoms with Crippen LogP contribution in [0.1, 0.15) is 158 Å². The molecule has 0 aromatic heterocycles. The van der Waals surface area contributed by atoms with E-state index in [0.717, 1.165) is 11.5 Å². The lowest BCUT2D eigenvalue weighted by Crippen LogP contribution is -2.44. The van der Waals surface area contributed by atoms with Crippen molar-refractivity contribution in [3.63, 3.8) is 0 Å². The highest BCUT2D eigenvalue weighted by Gasteiger charge is 2.39. The average molecular weight is 581 g/mol. The van der Waals surface area contributed by atoms with Crippen LogP contribution < -0.4 is 8.85 Å². The average Bonchev–Trinajstić information content (AvgIpc) is 2.68. The molecule has 0 atom stereocenters. The Hall–Kier alpha value is -1.74. The SMILES string of the molecule is CC(C)(C)c1cc(C(C)(C)C)c(O[Si](C)(C)Oc2c(C(C)(C)C)cc(C(C)(C)C)cc2C(C)(C)C)c(C(C)(C)C)c1. The largest absolute Gasteiger partial charge is 0.512 e. The van der Waals surface area contributed by atoms with E-state index in [2.05, 4.69) is 162 Å². The molecule has 0 amide bonds. The summed E-state index contributed by atoms with van der Waals surface area (Å²) in [7, 11) is -2.75. The van der Waals surface area contributed by atoms with Gasteiger partial charge >= 0.3 is 8.56 Å². The molecule has 2 nitrogen and oxygen atoms in total. The van der Waals surface area contributed by atoms with Gasteiger partial charge in [-0.05, 0) is 65.9 Å². The Morgan fingerprint density at radius 2 is 0.561 bits per heavy atom. The van der Waals surface area contributed by atoms with Gasteiger partial charge in [0.25, 0.3) is 0 Å². The number of hydrogen-bond acceptors (Lipinski definition) is 2. The molecule has 0 aliphatic rings. The summed E-state index contributed by atoms with van der Waals surface area (Å²) in [5.74, 6) is 2.02. The minimum absolute atomic E-state index is 0.0417. The second-order valence-corrected chi connectivity index (χ2v) is 22.1. The van der Waals surface area contributed by atoms with E-state index in [0.29, 0.717) is 0 Å². The molecule has 0 spiro atoms. The molecule has 0 unspecified atom stereocenters. The molecule has 3 heteroatoms. The smallest absolute Gasteiger partial charge is 0.454 e. The summed E-state index contributed by atoms with van der Waals surface area (Å²) < 4.78 is 14.5. The predicted molar refractivity (Wildman–Crippen MR) is 184 cm³/mol. The van der Waals surface area contributed by atoms with Gasteiger partial charge in [0, 0.05) is 13.1 Å². The zero-order chi connectivity index (χ0) is 32.4. The summed E-state index contributed by atoms with van der Waals surface area (Å²) in [6.45, 7) is 45.8. The molecule has 0 saturated heterocycles. The Morgan fingerprint density at radius 3 is 0.707 bits per heavy atom. The van der Waals surface area contributed by atoms with Gasteiger partial charge in [-0.3, -0.25) is 0 Å². The van der Waals surface area contributed by atoms with Gasteiger partial charge in [0.1, 0.15) is 11.5 Å². The first-order chi connectivity index (χ1) is 17.9. The monoisotopic (exact) mass is 580 g/mol. The van der Waals surface area contributed by atoms with Crippen LogP contribution in [0.4, 0.5) is 0 Å². The molecule has 2 aromatic carbocycles. The Bertz CT molecular complexity index is 1070. The molecule has 2 aromatic rings. The second kappa shape index (κ2) is 10.8. The highest BCUT2D eigenvalue weighted by atomic mass is 28.4. The summed E-state index contributed by atoms with van der Waals surface area (Å²) in [4.78, 5) is 0. The van der Waals surface area contributed by atoms with Gasteiger partial charge in [0.15, 0.2) is 0 Å². The van der Waals surface area contributed by atoms with E-state index >= 15 is 0 Å². The lowest BCUT2D eigenvalue weighted by atomic mass is 9.75. The first-order valence-corrected chi connectivity index (χ1v) is 18.4. The van der Waals surface area contributed by atoms with E-state index in [4.69, 9.17) is 8.85 Å². The molecule has 0 bridgehead atoms. The highest BCUT2D eigenvalue weighted by molar-refractivity contribution is 6.66. The molecular formula is C38H64O2Si.